The molecule has 0 radical (unpaired) electrons. The molecule has 0 spiro atoms. The molecule has 1 rings (SSSR count). The van der Waals surface area contributed by atoms with Crippen LogP contribution in [0.25, 0.3) is 0 Å². The number of methoxy groups -OCH3 is 2. The zero-order valence-corrected chi connectivity index (χ0v) is 14.0. The third-order valence-electron chi connectivity index (χ3n) is 3.14. The number of likely N-dealkylation sites (N-methyl/N-ethyl adjacent to an activating group) is 1. The van der Waals surface area contributed by atoms with Gasteiger partial charge in [0, 0.05) is 13.1 Å². The van der Waals surface area contributed by atoms with Crippen molar-refractivity contribution < 1.29 is 23.8 Å². The van der Waals surface area contributed by atoms with E-state index in [1.165, 1.54) is 20.3 Å². The molecule has 6 heteroatoms. The lowest BCUT2D eigenvalue weighted by molar-refractivity contribution is -0.133. The van der Waals surface area contributed by atoms with E-state index in [2.05, 4.69) is 6.58 Å². The molecule has 0 N–H and O–H groups in total. The smallest absolute Gasteiger partial charge is 0.338 e. The van der Waals surface area contributed by atoms with Gasteiger partial charge in [-0.15, -0.1) is 0 Å². The molecule has 1 aromatic rings. The standard InChI is InChI=1S/C17H23NO5/c1-6-18(10-12(2)3)16(19)11-23-17(20)13-7-8-14(21-4)15(9-13)22-5/h7-9H,2,6,10-11H2,1,3-5H3. The highest BCUT2D eigenvalue weighted by Crippen LogP contribution is 2.27. The molecule has 0 unspecified atom stereocenters. The number of hydrogen-bond donors (Lipinski definition) is 0. The number of rotatable bonds is 8. The second kappa shape index (κ2) is 8.82. The van der Waals surface area contributed by atoms with Gasteiger partial charge in [-0.25, -0.2) is 4.79 Å². The highest BCUT2D eigenvalue weighted by atomic mass is 16.5. The summed E-state index contributed by atoms with van der Waals surface area (Å²) in [4.78, 5) is 25.6. The Hall–Kier alpha value is -2.50. The SMILES string of the molecule is C=C(C)CN(CC)C(=O)COC(=O)c1ccc(OC)c(OC)c1. The third kappa shape index (κ3) is 5.32. The molecule has 23 heavy (non-hydrogen) atoms. The Bertz CT molecular complexity index is 582. The summed E-state index contributed by atoms with van der Waals surface area (Å²) in [7, 11) is 2.99. The van der Waals surface area contributed by atoms with Crippen molar-refractivity contribution in [3.63, 3.8) is 0 Å². The number of carbonyl (C=O) groups excluding carboxylic acids is 2. The largest absolute Gasteiger partial charge is 0.493 e. The summed E-state index contributed by atoms with van der Waals surface area (Å²) in [6.45, 7) is 8.14. The van der Waals surface area contributed by atoms with E-state index in [-0.39, 0.29) is 12.5 Å². The van der Waals surface area contributed by atoms with Gasteiger partial charge in [0.15, 0.2) is 18.1 Å². The number of ether oxygens (including phenoxy) is 3. The molecule has 1 aromatic carbocycles. The Morgan fingerprint density at radius 3 is 2.35 bits per heavy atom. The molecule has 0 heterocycles. The number of hydrogen-bond acceptors (Lipinski definition) is 5. The first-order valence-corrected chi connectivity index (χ1v) is 7.24. The molecule has 0 aliphatic rings. The van der Waals surface area contributed by atoms with E-state index in [1.807, 2.05) is 13.8 Å². The Balaban J connectivity index is 2.69. The maximum absolute atomic E-state index is 12.0. The topological polar surface area (TPSA) is 65.1 Å². The maximum atomic E-state index is 12.0. The van der Waals surface area contributed by atoms with E-state index in [9.17, 15) is 9.59 Å². The quantitative estimate of drug-likeness (QED) is 0.543. The fourth-order valence-electron chi connectivity index (χ4n) is 1.97. The number of carbonyl (C=O) groups is 2. The van der Waals surface area contributed by atoms with E-state index >= 15 is 0 Å². The highest BCUT2D eigenvalue weighted by Gasteiger charge is 2.16. The fraction of sp³-hybridized carbons (Fsp3) is 0.412. The van der Waals surface area contributed by atoms with Crippen molar-refractivity contribution in [3.05, 3.63) is 35.9 Å². The van der Waals surface area contributed by atoms with Crippen molar-refractivity contribution in [2.45, 2.75) is 13.8 Å². The van der Waals surface area contributed by atoms with Gasteiger partial charge in [-0.3, -0.25) is 4.79 Å². The molecule has 0 atom stereocenters. The van der Waals surface area contributed by atoms with Gasteiger partial charge >= 0.3 is 5.97 Å². The molecular formula is C17H23NO5. The van der Waals surface area contributed by atoms with Crippen LogP contribution in [-0.4, -0.2) is 50.7 Å². The molecule has 1 amide bonds. The van der Waals surface area contributed by atoms with E-state index in [4.69, 9.17) is 14.2 Å². The average molecular weight is 321 g/mol. The van der Waals surface area contributed by atoms with E-state index in [1.54, 1.807) is 17.0 Å². The average Bonchev–Trinajstić information content (AvgIpc) is 2.56. The summed E-state index contributed by atoms with van der Waals surface area (Å²) in [5.41, 5.74) is 1.16. The van der Waals surface area contributed by atoms with Gasteiger partial charge in [0.1, 0.15) is 0 Å². The minimum atomic E-state index is -0.592. The Morgan fingerprint density at radius 2 is 1.83 bits per heavy atom. The van der Waals surface area contributed by atoms with Crippen molar-refractivity contribution in [1.29, 1.82) is 0 Å². The molecule has 0 saturated heterocycles. The molecule has 0 fully saturated rings. The first-order valence-electron chi connectivity index (χ1n) is 7.24. The summed E-state index contributed by atoms with van der Waals surface area (Å²) >= 11 is 0. The molecule has 0 aromatic heterocycles. The molecule has 0 aliphatic heterocycles. The van der Waals surface area contributed by atoms with Gasteiger partial charge in [0.05, 0.1) is 19.8 Å². The van der Waals surface area contributed by atoms with Crippen LogP contribution in [0.15, 0.2) is 30.4 Å². The summed E-state index contributed by atoms with van der Waals surface area (Å²) in [6, 6.07) is 4.67. The number of amides is 1. The predicted octanol–water partition coefficient (Wildman–Crippen LogP) is 2.29. The van der Waals surface area contributed by atoms with Crippen molar-refractivity contribution in [2.24, 2.45) is 0 Å². The predicted molar refractivity (Wildman–Crippen MR) is 86.9 cm³/mol. The molecule has 0 aliphatic carbocycles. The van der Waals surface area contributed by atoms with Crippen molar-refractivity contribution in [3.8, 4) is 11.5 Å². The van der Waals surface area contributed by atoms with Crippen molar-refractivity contribution >= 4 is 11.9 Å². The van der Waals surface area contributed by atoms with Crippen LogP contribution < -0.4 is 9.47 Å². The zero-order valence-electron chi connectivity index (χ0n) is 14.0. The van der Waals surface area contributed by atoms with Crippen LogP contribution in [0.2, 0.25) is 0 Å². The van der Waals surface area contributed by atoms with Crippen LogP contribution in [0.5, 0.6) is 11.5 Å². The lowest BCUT2D eigenvalue weighted by Gasteiger charge is -2.20. The minimum Gasteiger partial charge on any atom is -0.493 e. The first-order chi connectivity index (χ1) is 10.9. The monoisotopic (exact) mass is 321 g/mol. The highest BCUT2D eigenvalue weighted by molar-refractivity contribution is 5.92. The van der Waals surface area contributed by atoms with Gasteiger partial charge in [-0.2, -0.15) is 0 Å². The first kappa shape index (κ1) is 18.5. The van der Waals surface area contributed by atoms with Crippen LogP contribution in [0.3, 0.4) is 0 Å². The van der Waals surface area contributed by atoms with Crippen molar-refractivity contribution in [1.82, 2.24) is 4.90 Å². The van der Waals surface area contributed by atoms with E-state index in [0.29, 0.717) is 30.2 Å². The molecule has 0 bridgehead atoms. The van der Waals surface area contributed by atoms with Crippen LogP contribution in [0.4, 0.5) is 0 Å². The summed E-state index contributed by atoms with van der Waals surface area (Å²) in [5.74, 6) is 0.0829. The Morgan fingerprint density at radius 1 is 1.17 bits per heavy atom. The Kier molecular flexibility index (Phi) is 7.12. The third-order valence-corrected chi connectivity index (χ3v) is 3.14. The summed E-state index contributed by atoms with van der Waals surface area (Å²) in [6.07, 6.45) is 0. The second-order valence-corrected chi connectivity index (χ2v) is 5.01. The summed E-state index contributed by atoms with van der Waals surface area (Å²) in [5, 5.41) is 0. The molecule has 0 saturated carbocycles. The molecular weight excluding hydrogens is 298 g/mol. The van der Waals surface area contributed by atoms with Gasteiger partial charge in [-0.05, 0) is 32.0 Å². The number of esters is 1. The van der Waals surface area contributed by atoms with Crippen LogP contribution in [0.1, 0.15) is 24.2 Å². The van der Waals surface area contributed by atoms with Gasteiger partial charge in [0.25, 0.3) is 5.91 Å². The normalized spacial score (nSPS) is 9.91. The van der Waals surface area contributed by atoms with E-state index < -0.39 is 5.97 Å². The summed E-state index contributed by atoms with van der Waals surface area (Å²) < 4.78 is 15.3. The van der Waals surface area contributed by atoms with Crippen molar-refractivity contribution in [2.75, 3.05) is 33.9 Å². The zero-order chi connectivity index (χ0) is 17.4. The molecule has 6 nitrogen and oxygen atoms in total. The second-order valence-electron chi connectivity index (χ2n) is 5.01. The Labute approximate surface area is 136 Å². The van der Waals surface area contributed by atoms with Gasteiger partial charge < -0.3 is 19.1 Å². The van der Waals surface area contributed by atoms with Crippen LogP contribution in [-0.2, 0) is 9.53 Å². The number of benzene rings is 1. The molecule has 126 valence electrons. The maximum Gasteiger partial charge on any atom is 0.338 e. The lowest BCUT2D eigenvalue weighted by Crippen LogP contribution is -2.35. The minimum absolute atomic E-state index is 0.260. The van der Waals surface area contributed by atoms with Crippen LogP contribution in [0, 0.1) is 0 Å². The van der Waals surface area contributed by atoms with Crippen LogP contribution >= 0.6 is 0 Å². The van der Waals surface area contributed by atoms with Gasteiger partial charge in [-0.1, -0.05) is 12.2 Å². The van der Waals surface area contributed by atoms with E-state index in [0.717, 1.165) is 5.57 Å². The number of nitrogens with zero attached hydrogens (tertiary/aromatic N) is 1. The fourth-order valence-corrected chi connectivity index (χ4v) is 1.97. The lowest BCUT2D eigenvalue weighted by atomic mass is 10.2. The van der Waals surface area contributed by atoms with Gasteiger partial charge in [0.2, 0.25) is 0 Å².